The molecule has 1 N–H and O–H groups in total. The van der Waals surface area contributed by atoms with E-state index in [0.717, 1.165) is 12.0 Å². The number of anilines is 1. The lowest BCUT2D eigenvalue weighted by molar-refractivity contribution is 0.0948. The predicted octanol–water partition coefficient (Wildman–Crippen LogP) is 2.56. The van der Waals surface area contributed by atoms with Crippen LogP contribution in [-0.4, -0.2) is 66.2 Å². The van der Waals surface area contributed by atoms with Crippen molar-refractivity contribution in [2.75, 3.05) is 44.2 Å². The third kappa shape index (κ3) is 5.22. The Balaban J connectivity index is 1.84. The zero-order valence-electron chi connectivity index (χ0n) is 16.9. The molecule has 154 valence electrons. The summed E-state index contributed by atoms with van der Waals surface area (Å²) in [5.41, 5.74) is 1.19. The topological polar surface area (TPSA) is 87.7 Å². The number of carbonyl (C=O) groups excluding carboxylic acids is 2. The Labute approximate surface area is 170 Å². The van der Waals surface area contributed by atoms with E-state index < -0.39 is 0 Å². The van der Waals surface area contributed by atoms with Gasteiger partial charge in [0.1, 0.15) is 11.5 Å². The van der Waals surface area contributed by atoms with Crippen molar-refractivity contribution in [1.82, 2.24) is 20.2 Å². The number of nitrogens with zero attached hydrogens (tertiary/aromatic N) is 4. The standard InChI is InChI=1S/C21H27N5O3/c1-3-10-22-20(27)17-15-18(24-19(23-17)16-8-6-5-7-9-16)25-11-13-26(14-12-25)21(28)29-4-2/h5-9,15H,3-4,10-14H2,1-2H3,(H,22,27). The molecular weight excluding hydrogens is 370 g/mol. The molecule has 2 amide bonds. The minimum Gasteiger partial charge on any atom is -0.450 e. The minimum absolute atomic E-state index is 0.210. The molecule has 0 spiro atoms. The normalized spacial score (nSPS) is 13.9. The van der Waals surface area contributed by atoms with Crippen molar-refractivity contribution < 1.29 is 14.3 Å². The van der Waals surface area contributed by atoms with E-state index in [2.05, 4.69) is 15.2 Å². The third-order valence-electron chi connectivity index (χ3n) is 4.64. The Kier molecular flexibility index (Phi) is 6.99. The van der Waals surface area contributed by atoms with Crippen molar-refractivity contribution in [3.05, 3.63) is 42.1 Å². The zero-order valence-corrected chi connectivity index (χ0v) is 16.9. The van der Waals surface area contributed by atoms with Crippen LogP contribution in [0.4, 0.5) is 10.6 Å². The van der Waals surface area contributed by atoms with Gasteiger partial charge in [-0.1, -0.05) is 37.3 Å². The van der Waals surface area contributed by atoms with Crippen LogP contribution < -0.4 is 10.2 Å². The summed E-state index contributed by atoms with van der Waals surface area (Å²) in [6.45, 7) is 7.07. The van der Waals surface area contributed by atoms with Crippen LogP contribution in [0.3, 0.4) is 0 Å². The average molecular weight is 397 g/mol. The summed E-state index contributed by atoms with van der Waals surface area (Å²) in [6.07, 6.45) is 0.560. The number of benzene rings is 1. The SMILES string of the molecule is CCCNC(=O)c1cc(N2CCN(C(=O)OCC)CC2)nc(-c2ccccc2)n1. The van der Waals surface area contributed by atoms with Crippen LogP contribution in [0, 0.1) is 0 Å². The second kappa shape index (κ2) is 9.86. The van der Waals surface area contributed by atoms with Gasteiger partial charge in [-0.3, -0.25) is 4.79 Å². The van der Waals surface area contributed by atoms with Crippen LogP contribution >= 0.6 is 0 Å². The Bertz CT molecular complexity index is 835. The van der Waals surface area contributed by atoms with Crippen LogP contribution in [0.15, 0.2) is 36.4 Å². The highest BCUT2D eigenvalue weighted by Gasteiger charge is 2.24. The summed E-state index contributed by atoms with van der Waals surface area (Å²) in [4.78, 5) is 37.4. The quantitative estimate of drug-likeness (QED) is 0.806. The number of aromatic nitrogens is 2. The van der Waals surface area contributed by atoms with E-state index in [1.165, 1.54) is 0 Å². The first-order valence-corrected chi connectivity index (χ1v) is 10.0. The summed E-state index contributed by atoms with van der Waals surface area (Å²) in [5, 5.41) is 2.88. The molecule has 8 nitrogen and oxygen atoms in total. The van der Waals surface area contributed by atoms with Crippen molar-refractivity contribution in [3.8, 4) is 11.4 Å². The molecule has 1 aromatic carbocycles. The maximum Gasteiger partial charge on any atom is 0.409 e. The molecule has 29 heavy (non-hydrogen) atoms. The van der Waals surface area contributed by atoms with Crippen LogP contribution in [0.1, 0.15) is 30.8 Å². The zero-order chi connectivity index (χ0) is 20.6. The average Bonchev–Trinajstić information content (AvgIpc) is 2.78. The summed E-state index contributed by atoms with van der Waals surface area (Å²) in [5.74, 6) is 0.986. The number of hydrogen-bond donors (Lipinski definition) is 1. The van der Waals surface area contributed by atoms with E-state index in [9.17, 15) is 9.59 Å². The second-order valence-electron chi connectivity index (χ2n) is 6.73. The second-order valence-corrected chi connectivity index (χ2v) is 6.73. The van der Waals surface area contributed by atoms with Gasteiger partial charge >= 0.3 is 6.09 Å². The molecule has 2 aromatic rings. The van der Waals surface area contributed by atoms with E-state index in [4.69, 9.17) is 9.72 Å². The molecule has 1 saturated heterocycles. The van der Waals surface area contributed by atoms with Crippen LogP contribution in [-0.2, 0) is 4.74 Å². The van der Waals surface area contributed by atoms with Crippen LogP contribution in [0.2, 0.25) is 0 Å². The number of carbonyl (C=O) groups is 2. The molecule has 0 radical (unpaired) electrons. The molecule has 0 unspecified atom stereocenters. The third-order valence-corrected chi connectivity index (χ3v) is 4.64. The van der Waals surface area contributed by atoms with Crippen molar-refractivity contribution >= 4 is 17.8 Å². The van der Waals surface area contributed by atoms with Gasteiger partial charge < -0.3 is 19.9 Å². The Morgan fingerprint density at radius 1 is 1.07 bits per heavy atom. The van der Waals surface area contributed by atoms with E-state index in [1.54, 1.807) is 17.9 Å². The lowest BCUT2D eigenvalue weighted by Gasteiger charge is -2.34. The van der Waals surface area contributed by atoms with Gasteiger partial charge in [-0.05, 0) is 13.3 Å². The minimum atomic E-state index is -0.292. The van der Waals surface area contributed by atoms with Crippen molar-refractivity contribution in [2.24, 2.45) is 0 Å². The highest BCUT2D eigenvalue weighted by molar-refractivity contribution is 5.93. The van der Waals surface area contributed by atoms with E-state index in [1.807, 2.05) is 37.3 Å². The number of hydrogen-bond acceptors (Lipinski definition) is 6. The summed E-state index contributed by atoms with van der Waals surface area (Å²) < 4.78 is 5.08. The Morgan fingerprint density at radius 3 is 2.45 bits per heavy atom. The summed E-state index contributed by atoms with van der Waals surface area (Å²) >= 11 is 0. The van der Waals surface area contributed by atoms with Gasteiger partial charge in [0.15, 0.2) is 5.82 Å². The van der Waals surface area contributed by atoms with E-state index in [-0.39, 0.29) is 12.0 Å². The maximum absolute atomic E-state index is 12.5. The van der Waals surface area contributed by atoms with E-state index >= 15 is 0 Å². The van der Waals surface area contributed by atoms with Gasteiger partial charge in [0.05, 0.1) is 6.61 Å². The lowest BCUT2D eigenvalue weighted by Crippen LogP contribution is -2.49. The Hall–Kier alpha value is -3.16. The highest BCUT2D eigenvalue weighted by Crippen LogP contribution is 2.21. The molecule has 1 aromatic heterocycles. The number of ether oxygens (including phenoxy) is 1. The molecule has 3 rings (SSSR count). The molecule has 2 heterocycles. The molecular formula is C21H27N5O3. The number of nitrogens with one attached hydrogen (secondary N) is 1. The van der Waals surface area contributed by atoms with Crippen molar-refractivity contribution in [3.63, 3.8) is 0 Å². The predicted molar refractivity (Wildman–Crippen MR) is 111 cm³/mol. The van der Waals surface area contributed by atoms with Gasteiger partial charge in [0, 0.05) is 44.4 Å². The van der Waals surface area contributed by atoms with Gasteiger partial charge in [0.25, 0.3) is 5.91 Å². The van der Waals surface area contributed by atoms with Gasteiger partial charge in [-0.15, -0.1) is 0 Å². The van der Waals surface area contributed by atoms with Crippen molar-refractivity contribution in [1.29, 1.82) is 0 Å². The fourth-order valence-electron chi connectivity index (χ4n) is 3.09. The molecule has 0 saturated carbocycles. The highest BCUT2D eigenvalue weighted by atomic mass is 16.6. The lowest BCUT2D eigenvalue weighted by atomic mass is 10.2. The van der Waals surface area contributed by atoms with Gasteiger partial charge in [-0.2, -0.15) is 0 Å². The monoisotopic (exact) mass is 397 g/mol. The van der Waals surface area contributed by atoms with E-state index in [0.29, 0.717) is 56.7 Å². The summed E-state index contributed by atoms with van der Waals surface area (Å²) in [6, 6.07) is 11.3. The smallest absolute Gasteiger partial charge is 0.409 e. The number of amides is 2. The first-order chi connectivity index (χ1) is 14.1. The molecule has 1 aliphatic heterocycles. The van der Waals surface area contributed by atoms with Gasteiger partial charge in [0.2, 0.25) is 0 Å². The summed E-state index contributed by atoms with van der Waals surface area (Å²) in [7, 11) is 0. The number of piperazine rings is 1. The molecule has 1 aliphatic rings. The molecule has 0 aliphatic carbocycles. The first kappa shape index (κ1) is 20.6. The maximum atomic E-state index is 12.5. The molecule has 8 heteroatoms. The number of rotatable bonds is 6. The van der Waals surface area contributed by atoms with Crippen LogP contribution in [0.25, 0.3) is 11.4 Å². The fraction of sp³-hybridized carbons (Fsp3) is 0.429. The molecule has 0 bridgehead atoms. The van der Waals surface area contributed by atoms with Crippen molar-refractivity contribution in [2.45, 2.75) is 20.3 Å². The Morgan fingerprint density at radius 2 is 1.79 bits per heavy atom. The molecule has 1 fully saturated rings. The first-order valence-electron chi connectivity index (χ1n) is 10.0. The van der Waals surface area contributed by atoms with Gasteiger partial charge in [-0.25, -0.2) is 14.8 Å². The van der Waals surface area contributed by atoms with Crippen LogP contribution in [0.5, 0.6) is 0 Å². The fourth-order valence-corrected chi connectivity index (χ4v) is 3.09. The molecule has 0 atom stereocenters. The largest absolute Gasteiger partial charge is 0.450 e.